The van der Waals surface area contributed by atoms with Gasteiger partial charge in [-0.2, -0.15) is 5.26 Å². The number of anilines is 1. The maximum absolute atomic E-state index is 13.3. The van der Waals surface area contributed by atoms with Crippen LogP contribution >= 0.6 is 0 Å². The number of hydrogen-bond donors (Lipinski definition) is 1. The summed E-state index contributed by atoms with van der Waals surface area (Å²) in [6.45, 7) is 1.98. The van der Waals surface area contributed by atoms with Crippen LogP contribution in [0, 0.1) is 17.1 Å². The Morgan fingerprint density at radius 3 is 2.75 bits per heavy atom. The highest BCUT2D eigenvalue weighted by molar-refractivity contribution is 5.50. The zero-order valence-electron chi connectivity index (χ0n) is 11.4. The molecule has 4 heteroatoms. The van der Waals surface area contributed by atoms with Crippen molar-refractivity contribution in [2.45, 2.75) is 13.0 Å². The van der Waals surface area contributed by atoms with Crippen molar-refractivity contribution in [2.75, 3.05) is 12.4 Å². The molecule has 1 atom stereocenters. The quantitative estimate of drug-likeness (QED) is 0.917. The van der Waals surface area contributed by atoms with Crippen molar-refractivity contribution in [2.24, 2.45) is 0 Å². The van der Waals surface area contributed by atoms with Crippen LogP contribution < -0.4 is 10.1 Å². The van der Waals surface area contributed by atoms with E-state index in [0.717, 1.165) is 11.3 Å². The molecule has 0 aliphatic carbocycles. The molecule has 1 N–H and O–H groups in total. The summed E-state index contributed by atoms with van der Waals surface area (Å²) in [6, 6.07) is 14.1. The molecule has 20 heavy (non-hydrogen) atoms. The second-order valence-electron chi connectivity index (χ2n) is 4.45. The van der Waals surface area contributed by atoms with Crippen LogP contribution in [0.2, 0.25) is 0 Å². The first-order chi connectivity index (χ1) is 9.63. The van der Waals surface area contributed by atoms with E-state index in [1.807, 2.05) is 25.1 Å². The summed E-state index contributed by atoms with van der Waals surface area (Å²) < 4.78 is 18.3. The molecule has 2 aromatic rings. The topological polar surface area (TPSA) is 45.0 Å². The van der Waals surface area contributed by atoms with E-state index in [0.29, 0.717) is 5.56 Å². The highest BCUT2D eigenvalue weighted by Crippen LogP contribution is 2.25. The first-order valence-electron chi connectivity index (χ1n) is 6.24. The lowest BCUT2D eigenvalue weighted by Gasteiger charge is -2.16. The molecule has 0 saturated heterocycles. The van der Waals surface area contributed by atoms with Crippen molar-refractivity contribution >= 4 is 5.69 Å². The number of methoxy groups -OCH3 is 1. The third kappa shape index (κ3) is 3.07. The Hall–Kier alpha value is -2.54. The number of halogens is 1. The summed E-state index contributed by atoms with van der Waals surface area (Å²) in [5.41, 5.74) is 2.37. The second kappa shape index (κ2) is 6.07. The van der Waals surface area contributed by atoms with Gasteiger partial charge in [-0.1, -0.05) is 12.1 Å². The predicted molar refractivity (Wildman–Crippen MR) is 76.1 cm³/mol. The molecule has 102 valence electrons. The smallest absolute Gasteiger partial charge is 0.165 e. The molecule has 0 bridgehead atoms. The first-order valence-corrected chi connectivity index (χ1v) is 6.24. The predicted octanol–water partition coefficient (Wildman–Crippen LogP) is 3.88. The average Bonchev–Trinajstić information content (AvgIpc) is 2.49. The van der Waals surface area contributed by atoms with Gasteiger partial charge >= 0.3 is 0 Å². The van der Waals surface area contributed by atoms with Crippen molar-refractivity contribution in [3.63, 3.8) is 0 Å². The van der Waals surface area contributed by atoms with Crippen molar-refractivity contribution < 1.29 is 9.13 Å². The second-order valence-corrected chi connectivity index (χ2v) is 4.45. The summed E-state index contributed by atoms with van der Waals surface area (Å²) in [5, 5.41) is 12.2. The molecule has 0 amide bonds. The summed E-state index contributed by atoms with van der Waals surface area (Å²) in [5.74, 6) is -0.190. The molecule has 2 aromatic carbocycles. The van der Waals surface area contributed by atoms with Gasteiger partial charge in [-0.25, -0.2) is 4.39 Å². The van der Waals surface area contributed by atoms with Crippen LogP contribution in [-0.2, 0) is 0 Å². The molecule has 0 saturated carbocycles. The van der Waals surface area contributed by atoms with E-state index in [1.165, 1.54) is 13.2 Å². The Bertz CT molecular complexity index is 649. The maximum atomic E-state index is 13.3. The highest BCUT2D eigenvalue weighted by atomic mass is 19.1. The van der Waals surface area contributed by atoms with Gasteiger partial charge in [-0.3, -0.25) is 0 Å². The largest absolute Gasteiger partial charge is 0.494 e. The Balaban J connectivity index is 2.19. The molecule has 1 unspecified atom stereocenters. The van der Waals surface area contributed by atoms with E-state index < -0.39 is 5.82 Å². The number of hydrogen-bond acceptors (Lipinski definition) is 3. The van der Waals surface area contributed by atoms with Crippen LogP contribution in [0.5, 0.6) is 5.75 Å². The van der Waals surface area contributed by atoms with Crippen LogP contribution in [0.1, 0.15) is 24.1 Å². The summed E-state index contributed by atoms with van der Waals surface area (Å²) in [7, 11) is 1.43. The maximum Gasteiger partial charge on any atom is 0.165 e. The van der Waals surface area contributed by atoms with E-state index in [9.17, 15) is 4.39 Å². The van der Waals surface area contributed by atoms with Gasteiger partial charge in [-0.15, -0.1) is 0 Å². The minimum absolute atomic E-state index is 0.00142. The zero-order valence-corrected chi connectivity index (χ0v) is 11.4. The van der Waals surface area contributed by atoms with Crippen LogP contribution in [-0.4, -0.2) is 7.11 Å². The Morgan fingerprint density at radius 2 is 2.05 bits per heavy atom. The molecule has 0 spiro atoms. The summed E-state index contributed by atoms with van der Waals surface area (Å²) in [4.78, 5) is 0. The minimum Gasteiger partial charge on any atom is -0.494 e. The lowest BCUT2D eigenvalue weighted by molar-refractivity contribution is 0.387. The lowest BCUT2D eigenvalue weighted by Crippen LogP contribution is -2.07. The Kier molecular flexibility index (Phi) is 4.21. The van der Waals surface area contributed by atoms with Gasteiger partial charge in [0.1, 0.15) is 0 Å². The van der Waals surface area contributed by atoms with Crippen molar-refractivity contribution in [1.29, 1.82) is 5.26 Å². The lowest BCUT2D eigenvalue weighted by atomic mass is 10.1. The van der Waals surface area contributed by atoms with Gasteiger partial charge in [-0.05, 0) is 36.8 Å². The molecular weight excluding hydrogens is 255 g/mol. The van der Waals surface area contributed by atoms with E-state index in [4.69, 9.17) is 10.00 Å². The number of nitriles is 1. The van der Waals surface area contributed by atoms with E-state index >= 15 is 0 Å². The van der Waals surface area contributed by atoms with Crippen molar-refractivity contribution in [3.8, 4) is 11.8 Å². The molecule has 0 aliphatic heterocycles. The fourth-order valence-corrected chi connectivity index (χ4v) is 1.96. The molecule has 2 rings (SSSR count). The molecule has 0 aromatic heterocycles. The van der Waals surface area contributed by atoms with E-state index in [1.54, 1.807) is 18.2 Å². The number of benzene rings is 2. The number of nitrogens with one attached hydrogen (secondary N) is 1. The minimum atomic E-state index is -0.391. The summed E-state index contributed by atoms with van der Waals surface area (Å²) >= 11 is 0. The van der Waals surface area contributed by atoms with Gasteiger partial charge in [0.15, 0.2) is 11.6 Å². The molecule has 0 fully saturated rings. The van der Waals surface area contributed by atoms with Gasteiger partial charge in [0.05, 0.1) is 18.7 Å². The average molecular weight is 270 g/mol. The third-order valence-corrected chi connectivity index (χ3v) is 3.05. The first kappa shape index (κ1) is 13.9. The van der Waals surface area contributed by atoms with E-state index in [2.05, 4.69) is 11.4 Å². The molecule has 0 radical (unpaired) electrons. The Morgan fingerprint density at radius 1 is 1.25 bits per heavy atom. The Labute approximate surface area is 117 Å². The van der Waals surface area contributed by atoms with Gasteiger partial charge in [0, 0.05) is 17.8 Å². The zero-order chi connectivity index (χ0) is 14.5. The number of nitrogens with zero attached hydrogens (tertiary/aromatic N) is 1. The van der Waals surface area contributed by atoms with Gasteiger partial charge < -0.3 is 10.1 Å². The normalized spacial score (nSPS) is 11.5. The van der Waals surface area contributed by atoms with Crippen LogP contribution in [0.15, 0.2) is 42.5 Å². The monoisotopic (exact) mass is 270 g/mol. The van der Waals surface area contributed by atoms with Crippen LogP contribution in [0.25, 0.3) is 0 Å². The number of rotatable bonds is 4. The van der Waals surface area contributed by atoms with Gasteiger partial charge in [0.25, 0.3) is 0 Å². The van der Waals surface area contributed by atoms with Crippen LogP contribution in [0.3, 0.4) is 0 Å². The van der Waals surface area contributed by atoms with Crippen LogP contribution in [0.4, 0.5) is 10.1 Å². The number of ether oxygens (including phenoxy) is 1. The van der Waals surface area contributed by atoms with E-state index in [-0.39, 0.29) is 11.8 Å². The summed E-state index contributed by atoms with van der Waals surface area (Å²) in [6.07, 6.45) is 0. The van der Waals surface area contributed by atoms with Crippen molar-refractivity contribution in [1.82, 2.24) is 0 Å². The fraction of sp³-hybridized carbons (Fsp3) is 0.188. The molecule has 0 aliphatic rings. The molecule has 0 heterocycles. The molecule has 3 nitrogen and oxygen atoms in total. The van der Waals surface area contributed by atoms with Gasteiger partial charge in [0.2, 0.25) is 0 Å². The fourth-order valence-electron chi connectivity index (χ4n) is 1.96. The molecular formula is C16H15FN2O. The standard InChI is InChI=1S/C16H15FN2O/c1-11(13-5-3-4-12(8-13)10-18)19-14-6-7-15(17)16(9-14)20-2/h3-9,11,19H,1-2H3. The SMILES string of the molecule is COc1cc(NC(C)c2cccc(C#N)c2)ccc1F. The highest BCUT2D eigenvalue weighted by Gasteiger charge is 2.08. The van der Waals surface area contributed by atoms with Crippen molar-refractivity contribution in [3.05, 3.63) is 59.4 Å². The third-order valence-electron chi connectivity index (χ3n) is 3.05.